The summed E-state index contributed by atoms with van der Waals surface area (Å²) in [5.41, 5.74) is 0.603. The summed E-state index contributed by atoms with van der Waals surface area (Å²) < 4.78 is 5.40. The molecular weight excluding hydrogens is 354 g/mol. The molecule has 0 saturated heterocycles. The quantitative estimate of drug-likeness (QED) is 0.347. The summed E-state index contributed by atoms with van der Waals surface area (Å²) in [6, 6.07) is 8.93. The van der Waals surface area contributed by atoms with Crippen LogP contribution in [0.2, 0.25) is 0 Å². The molecule has 1 rings (SSSR count). The molecule has 152 valence electrons. The van der Waals surface area contributed by atoms with Gasteiger partial charge in [-0.15, -0.1) is 0 Å². The van der Waals surface area contributed by atoms with Crippen LogP contribution in [0.15, 0.2) is 29.8 Å². The molecular formula is C22H31N3O3. The zero-order valence-electron chi connectivity index (χ0n) is 17.2. The average molecular weight is 386 g/mol. The first kappa shape index (κ1) is 23.2. The van der Waals surface area contributed by atoms with E-state index in [0.29, 0.717) is 36.2 Å². The molecule has 6 nitrogen and oxygen atoms in total. The van der Waals surface area contributed by atoms with Crippen molar-refractivity contribution in [2.45, 2.75) is 40.5 Å². The zero-order chi connectivity index (χ0) is 20.9. The van der Waals surface area contributed by atoms with Gasteiger partial charge in [0.1, 0.15) is 17.4 Å². The van der Waals surface area contributed by atoms with Gasteiger partial charge in [0, 0.05) is 18.7 Å². The van der Waals surface area contributed by atoms with Crippen LogP contribution in [-0.4, -0.2) is 31.5 Å². The number of amides is 2. The van der Waals surface area contributed by atoms with Crippen LogP contribution >= 0.6 is 0 Å². The van der Waals surface area contributed by atoms with Crippen molar-refractivity contribution in [1.82, 2.24) is 10.6 Å². The van der Waals surface area contributed by atoms with E-state index in [0.717, 1.165) is 12.8 Å². The number of nitrogens with one attached hydrogen (secondary N) is 2. The number of nitriles is 1. The van der Waals surface area contributed by atoms with Gasteiger partial charge < -0.3 is 15.4 Å². The Bertz CT molecular complexity index is 690. The molecule has 0 spiro atoms. The molecule has 2 N–H and O–H groups in total. The van der Waals surface area contributed by atoms with Gasteiger partial charge in [-0.25, -0.2) is 0 Å². The van der Waals surface area contributed by atoms with Crippen LogP contribution in [0.4, 0.5) is 0 Å². The normalized spacial score (nSPS) is 10.3. The molecule has 0 bridgehead atoms. The van der Waals surface area contributed by atoms with Crippen molar-refractivity contribution in [2.24, 2.45) is 11.8 Å². The lowest BCUT2D eigenvalue weighted by atomic mass is 10.1. The van der Waals surface area contributed by atoms with Gasteiger partial charge in [-0.05, 0) is 36.8 Å². The fourth-order valence-electron chi connectivity index (χ4n) is 2.37. The Kier molecular flexibility index (Phi) is 10.4. The monoisotopic (exact) mass is 385 g/mol. The van der Waals surface area contributed by atoms with Crippen molar-refractivity contribution in [1.29, 1.82) is 5.26 Å². The van der Waals surface area contributed by atoms with Crippen molar-refractivity contribution >= 4 is 17.9 Å². The predicted octanol–water partition coefficient (Wildman–Crippen LogP) is 3.30. The third-order valence-electron chi connectivity index (χ3n) is 4.01. The maximum atomic E-state index is 12.7. The Balaban J connectivity index is 3.05. The third-order valence-corrected chi connectivity index (χ3v) is 4.01. The second-order valence-corrected chi connectivity index (χ2v) is 7.42. The van der Waals surface area contributed by atoms with Gasteiger partial charge in [-0.1, -0.05) is 45.9 Å². The standard InChI is InChI=1S/C22H31N3O3/c1-16(2)9-12-24-21(26)19(22(27)25-13-10-17(3)4)15-18-7-5-6-8-20(18)28-14-11-23/h5-8,15-17H,9-10,12-14H2,1-4H3,(H,24,26)(H,25,27). The molecule has 1 aromatic rings. The second-order valence-electron chi connectivity index (χ2n) is 7.42. The topological polar surface area (TPSA) is 91.2 Å². The van der Waals surface area contributed by atoms with Gasteiger partial charge in [0.2, 0.25) is 0 Å². The molecule has 28 heavy (non-hydrogen) atoms. The molecule has 1 aromatic carbocycles. The Labute approximate surface area is 168 Å². The summed E-state index contributed by atoms with van der Waals surface area (Å²) in [6.07, 6.45) is 3.17. The van der Waals surface area contributed by atoms with Gasteiger partial charge in [0.05, 0.1) is 0 Å². The number of hydrogen-bond acceptors (Lipinski definition) is 4. The fraction of sp³-hybridized carbons (Fsp3) is 0.500. The molecule has 0 aliphatic carbocycles. The molecule has 0 unspecified atom stereocenters. The number of hydrogen-bond donors (Lipinski definition) is 2. The first-order valence-electron chi connectivity index (χ1n) is 9.72. The Morgan fingerprint density at radius 2 is 1.57 bits per heavy atom. The van der Waals surface area contributed by atoms with Crippen molar-refractivity contribution in [3.8, 4) is 11.8 Å². The van der Waals surface area contributed by atoms with Crippen molar-refractivity contribution in [3.63, 3.8) is 0 Å². The molecule has 0 fully saturated rings. The predicted molar refractivity (Wildman–Crippen MR) is 110 cm³/mol. The number of nitrogens with zero attached hydrogens (tertiary/aromatic N) is 1. The van der Waals surface area contributed by atoms with Gasteiger partial charge in [0.15, 0.2) is 6.61 Å². The van der Waals surface area contributed by atoms with Crippen molar-refractivity contribution in [3.05, 3.63) is 35.4 Å². The van der Waals surface area contributed by atoms with E-state index in [-0.39, 0.29) is 12.2 Å². The van der Waals surface area contributed by atoms with Crippen LogP contribution < -0.4 is 15.4 Å². The van der Waals surface area contributed by atoms with E-state index in [4.69, 9.17) is 10.00 Å². The second kappa shape index (κ2) is 12.6. The van der Waals surface area contributed by atoms with Crippen molar-refractivity contribution < 1.29 is 14.3 Å². The summed E-state index contributed by atoms with van der Waals surface area (Å²) in [4.78, 5) is 25.3. The molecule has 0 atom stereocenters. The average Bonchev–Trinajstić information content (AvgIpc) is 2.64. The minimum Gasteiger partial charge on any atom is -0.478 e. The molecule has 0 heterocycles. The van der Waals surface area contributed by atoms with E-state index < -0.39 is 11.8 Å². The van der Waals surface area contributed by atoms with E-state index in [9.17, 15) is 9.59 Å². The van der Waals surface area contributed by atoms with Crippen LogP contribution in [0.5, 0.6) is 5.75 Å². The van der Waals surface area contributed by atoms with E-state index in [1.807, 2.05) is 6.07 Å². The largest absolute Gasteiger partial charge is 0.478 e. The molecule has 0 aliphatic heterocycles. The zero-order valence-corrected chi connectivity index (χ0v) is 17.2. The highest BCUT2D eigenvalue weighted by Gasteiger charge is 2.19. The number of ether oxygens (including phenoxy) is 1. The van der Waals surface area contributed by atoms with Gasteiger partial charge in [0.25, 0.3) is 11.8 Å². The SMILES string of the molecule is CC(C)CCNC(=O)C(=Cc1ccccc1OCC#N)C(=O)NCCC(C)C. The lowest BCUT2D eigenvalue weighted by Gasteiger charge is -2.13. The lowest BCUT2D eigenvalue weighted by molar-refractivity contribution is -0.123. The highest BCUT2D eigenvalue weighted by atomic mass is 16.5. The summed E-state index contributed by atoms with van der Waals surface area (Å²) >= 11 is 0. The smallest absolute Gasteiger partial charge is 0.256 e. The van der Waals surface area contributed by atoms with E-state index in [1.54, 1.807) is 24.3 Å². The van der Waals surface area contributed by atoms with E-state index in [2.05, 4.69) is 38.3 Å². The number of carbonyl (C=O) groups excluding carboxylic acids is 2. The highest BCUT2D eigenvalue weighted by molar-refractivity contribution is 6.21. The first-order valence-corrected chi connectivity index (χ1v) is 9.72. The van der Waals surface area contributed by atoms with Crippen LogP contribution in [0.3, 0.4) is 0 Å². The summed E-state index contributed by atoms with van der Waals surface area (Å²) in [5.74, 6) is 0.516. The van der Waals surface area contributed by atoms with Crippen LogP contribution in [0.1, 0.15) is 46.1 Å². The summed E-state index contributed by atoms with van der Waals surface area (Å²) in [7, 11) is 0. The minimum atomic E-state index is -0.419. The molecule has 2 amide bonds. The molecule has 0 aromatic heterocycles. The van der Waals surface area contributed by atoms with Gasteiger partial charge in [-0.2, -0.15) is 5.26 Å². The van der Waals surface area contributed by atoms with Gasteiger partial charge >= 0.3 is 0 Å². The van der Waals surface area contributed by atoms with Crippen molar-refractivity contribution in [2.75, 3.05) is 19.7 Å². The number of carbonyl (C=O) groups is 2. The fourth-order valence-corrected chi connectivity index (χ4v) is 2.37. The number of rotatable bonds is 11. The minimum absolute atomic E-state index is 0.0283. The lowest BCUT2D eigenvalue weighted by Crippen LogP contribution is -2.36. The maximum Gasteiger partial charge on any atom is 0.256 e. The van der Waals surface area contributed by atoms with Gasteiger partial charge in [-0.3, -0.25) is 9.59 Å². The summed E-state index contributed by atoms with van der Waals surface area (Å²) in [5, 5.41) is 14.4. The van der Waals surface area contributed by atoms with Crippen LogP contribution in [0.25, 0.3) is 6.08 Å². The Morgan fingerprint density at radius 1 is 1.04 bits per heavy atom. The van der Waals surface area contributed by atoms with E-state index >= 15 is 0 Å². The summed E-state index contributed by atoms with van der Waals surface area (Å²) in [6.45, 7) is 9.18. The van der Waals surface area contributed by atoms with Crippen LogP contribution in [-0.2, 0) is 9.59 Å². The Hall–Kier alpha value is -2.81. The molecule has 6 heteroatoms. The molecule has 0 saturated carbocycles. The highest BCUT2D eigenvalue weighted by Crippen LogP contribution is 2.21. The first-order chi connectivity index (χ1) is 13.3. The number of benzene rings is 1. The van der Waals surface area contributed by atoms with E-state index in [1.165, 1.54) is 6.08 Å². The van der Waals surface area contributed by atoms with Crippen LogP contribution in [0, 0.1) is 23.2 Å². The Morgan fingerprint density at radius 3 is 2.07 bits per heavy atom. The number of para-hydroxylation sites is 1. The maximum absolute atomic E-state index is 12.7. The third kappa shape index (κ3) is 8.72. The molecule has 0 aliphatic rings. The molecule has 0 radical (unpaired) electrons.